The summed E-state index contributed by atoms with van der Waals surface area (Å²) in [5.41, 5.74) is 0.470. The Kier molecular flexibility index (Phi) is 3.64. The first kappa shape index (κ1) is 13.3. The Balaban J connectivity index is 2.32. The third-order valence-electron chi connectivity index (χ3n) is 2.92. The number of carbonyl (C=O) groups is 1. The smallest absolute Gasteiger partial charge is 0.258 e. The van der Waals surface area contributed by atoms with Crippen LogP contribution in [0, 0.1) is 5.92 Å². The van der Waals surface area contributed by atoms with Crippen LogP contribution in [0.1, 0.15) is 19.7 Å². The zero-order valence-corrected chi connectivity index (χ0v) is 11.3. The van der Waals surface area contributed by atoms with Gasteiger partial charge in [-0.3, -0.25) is 9.59 Å². The molecular formula is C14H17N3O2. The summed E-state index contributed by atoms with van der Waals surface area (Å²) in [7, 11) is 1.71. The number of amides is 1. The number of fused-ring (bicyclic) bond motifs is 1. The van der Waals surface area contributed by atoms with Gasteiger partial charge in [-0.25, -0.2) is 4.98 Å². The Hall–Kier alpha value is -2.17. The van der Waals surface area contributed by atoms with Crippen molar-refractivity contribution < 1.29 is 4.79 Å². The average molecular weight is 259 g/mol. The van der Waals surface area contributed by atoms with Crippen molar-refractivity contribution in [2.75, 3.05) is 7.05 Å². The lowest BCUT2D eigenvalue weighted by Gasteiger charge is -2.18. The van der Waals surface area contributed by atoms with Crippen molar-refractivity contribution in [3.63, 3.8) is 0 Å². The second-order valence-corrected chi connectivity index (χ2v) is 4.88. The van der Waals surface area contributed by atoms with E-state index < -0.39 is 0 Å². The number of hydrogen-bond acceptors (Lipinski definition) is 3. The van der Waals surface area contributed by atoms with E-state index in [-0.39, 0.29) is 17.4 Å². The molecule has 0 aliphatic rings. The highest BCUT2D eigenvalue weighted by Gasteiger charge is 2.14. The van der Waals surface area contributed by atoms with E-state index in [1.54, 1.807) is 30.1 Å². The van der Waals surface area contributed by atoms with Crippen LogP contribution in [0.2, 0.25) is 0 Å². The minimum atomic E-state index is -0.175. The topological polar surface area (TPSA) is 66.1 Å². The molecule has 0 unspecified atom stereocenters. The molecule has 0 bridgehead atoms. The fourth-order valence-electron chi connectivity index (χ4n) is 1.95. The summed E-state index contributed by atoms with van der Waals surface area (Å²) in [4.78, 5) is 32.3. The number of para-hydroxylation sites is 1. The number of hydrogen-bond donors (Lipinski definition) is 1. The summed E-state index contributed by atoms with van der Waals surface area (Å²) in [6.45, 7) is 3.99. The lowest BCUT2D eigenvalue weighted by molar-refractivity contribution is -0.133. The summed E-state index contributed by atoms with van der Waals surface area (Å²) in [5, 5.41) is 0.559. The first-order chi connectivity index (χ1) is 8.99. The summed E-state index contributed by atoms with van der Waals surface area (Å²) in [6, 6.07) is 7.15. The largest absolute Gasteiger partial charge is 0.338 e. The van der Waals surface area contributed by atoms with E-state index in [1.165, 1.54) is 0 Å². The number of carbonyl (C=O) groups excluding carboxylic acids is 1. The second kappa shape index (κ2) is 5.22. The Morgan fingerprint density at radius 2 is 2.05 bits per heavy atom. The summed E-state index contributed by atoms with van der Waals surface area (Å²) in [6.07, 6.45) is 0. The Labute approximate surface area is 111 Å². The van der Waals surface area contributed by atoms with Gasteiger partial charge in [0.25, 0.3) is 5.56 Å². The van der Waals surface area contributed by atoms with Gasteiger partial charge >= 0.3 is 0 Å². The predicted octanol–water partition coefficient (Wildman–Crippen LogP) is 1.54. The molecule has 0 radical (unpaired) electrons. The van der Waals surface area contributed by atoms with Crippen LogP contribution in [0.15, 0.2) is 29.1 Å². The van der Waals surface area contributed by atoms with E-state index in [1.807, 2.05) is 19.9 Å². The quantitative estimate of drug-likeness (QED) is 0.909. The molecule has 0 saturated heterocycles. The van der Waals surface area contributed by atoms with Crippen molar-refractivity contribution in [3.05, 3.63) is 40.4 Å². The zero-order chi connectivity index (χ0) is 14.0. The normalized spacial score (nSPS) is 10.9. The summed E-state index contributed by atoms with van der Waals surface area (Å²) < 4.78 is 0. The fraction of sp³-hybridized carbons (Fsp3) is 0.357. The first-order valence-corrected chi connectivity index (χ1v) is 6.22. The maximum absolute atomic E-state index is 11.9. The van der Waals surface area contributed by atoms with E-state index in [2.05, 4.69) is 9.97 Å². The average Bonchev–Trinajstić information content (AvgIpc) is 2.37. The molecule has 2 aromatic rings. The number of rotatable bonds is 3. The number of nitrogens with one attached hydrogen (secondary N) is 1. The number of nitrogens with zero attached hydrogens (tertiary/aromatic N) is 2. The number of aromatic amines is 1. The monoisotopic (exact) mass is 259 g/mol. The summed E-state index contributed by atoms with van der Waals surface area (Å²) in [5.74, 6) is 0.452. The van der Waals surface area contributed by atoms with Gasteiger partial charge in [0.15, 0.2) is 0 Å². The van der Waals surface area contributed by atoms with E-state index >= 15 is 0 Å². The van der Waals surface area contributed by atoms with Gasteiger partial charge in [-0.1, -0.05) is 26.0 Å². The molecule has 0 atom stereocenters. The number of benzene rings is 1. The van der Waals surface area contributed by atoms with Crippen LogP contribution >= 0.6 is 0 Å². The number of H-pyrrole nitrogens is 1. The zero-order valence-electron chi connectivity index (χ0n) is 11.3. The lowest BCUT2D eigenvalue weighted by atomic mass is 10.2. The van der Waals surface area contributed by atoms with Crippen molar-refractivity contribution in [2.45, 2.75) is 20.4 Å². The predicted molar refractivity (Wildman–Crippen MR) is 73.7 cm³/mol. The van der Waals surface area contributed by atoms with E-state index in [4.69, 9.17) is 0 Å². The van der Waals surface area contributed by atoms with Crippen LogP contribution in [0.3, 0.4) is 0 Å². The van der Waals surface area contributed by atoms with Gasteiger partial charge in [0, 0.05) is 13.0 Å². The van der Waals surface area contributed by atoms with Crippen molar-refractivity contribution in [1.29, 1.82) is 0 Å². The van der Waals surface area contributed by atoms with Gasteiger partial charge in [-0.15, -0.1) is 0 Å². The Morgan fingerprint density at radius 3 is 2.74 bits per heavy atom. The van der Waals surface area contributed by atoms with Gasteiger partial charge in [0.1, 0.15) is 5.82 Å². The minimum Gasteiger partial charge on any atom is -0.338 e. The van der Waals surface area contributed by atoms with Crippen molar-refractivity contribution in [1.82, 2.24) is 14.9 Å². The second-order valence-electron chi connectivity index (χ2n) is 4.88. The third-order valence-corrected chi connectivity index (χ3v) is 2.92. The standard InChI is InChI=1S/C14H17N3O2/c1-9(2)14(19)17(3)8-12-15-11-7-5-4-6-10(11)13(18)16-12/h4-7,9H,8H2,1-3H3,(H,15,16,18). The third kappa shape index (κ3) is 2.81. The molecule has 0 spiro atoms. The Morgan fingerprint density at radius 1 is 1.37 bits per heavy atom. The van der Waals surface area contributed by atoms with E-state index in [0.717, 1.165) is 0 Å². The Bertz CT molecular complexity index is 661. The molecule has 1 aromatic heterocycles. The fourth-order valence-corrected chi connectivity index (χ4v) is 1.95. The molecular weight excluding hydrogens is 242 g/mol. The molecule has 100 valence electrons. The molecule has 2 rings (SSSR count). The van der Waals surface area contributed by atoms with Crippen LogP contribution < -0.4 is 5.56 Å². The van der Waals surface area contributed by atoms with Gasteiger partial charge in [-0.2, -0.15) is 0 Å². The maximum atomic E-state index is 11.9. The highest BCUT2D eigenvalue weighted by molar-refractivity contribution is 5.78. The molecule has 5 heteroatoms. The highest BCUT2D eigenvalue weighted by Crippen LogP contribution is 2.07. The molecule has 0 fully saturated rings. The van der Waals surface area contributed by atoms with Gasteiger partial charge in [0.2, 0.25) is 5.91 Å². The van der Waals surface area contributed by atoms with Crippen molar-refractivity contribution >= 4 is 16.8 Å². The SMILES string of the molecule is CC(C)C(=O)N(C)Cc1nc2ccccc2c(=O)[nH]1. The molecule has 1 aromatic carbocycles. The maximum Gasteiger partial charge on any atom is 0.258 e. The highest BCUT2D eigenvalue weighted by atomic mass is 16.2. The lowest BCUT2D eigenvalue weighted by Crippen LogP contribution is -2.31. The van der Waals surface area contributed by atoms with Crippen LogP contribution in [0.5, 0.6) is 0 Å². The van der Waals surface area contributed by atoms with Crippen LogP contribution in [-0.4, -0.2) is 27.8 Å². The van der Waals surface area contributed by atoms with Gasteiger partial charge in [0.05, 0.1) is 17.4 Å². The van der Waals surface area contributed by atoms with Crippen LogP contribution in [0.25, 0.3) is 10.9 Å². The van der Waals surface area contributed by atoms with E-state index in [9.17, 15) is 9.59 Å². The molecule has 19 heavy (non-hydrogen) atoms. The van der Waals surface area contributed by atoms with Crippen molar-refractivity contribution in [3.8, 4) is 0 Å². The number of aromatic nitrogens is 2. The van der Waals surface area contributed by atoms with Gasteiger partial charge in [-0.05, 0) is 12.1 Å². The molecule has 1 N–H and O–H groups in total. The van der Waals surface area contributed by atoms with Crippen LogP contribution in [0.4, 0.5) is 0 Å². The molecule has 1 amide bonds. The molecule has 0 saturated carbocycles. The first-order valence-electron chi connectivity index (χ1n) is 6.22. The molecule has 5 nitrogen and oxygen atoms in total. The molecule has 0 aliphatic carbocycles. The molecule has 0 aliphatic heterocycles. The molecule has 1 heterocycles. The summed E-state index contributed by atoms with van der Waals surface area (Å²) >= 11 is 0. The van der Waals surface area contributed by atoms with Crippen molar-refractivity contribution in [2.24, 2.45) is 5.92 Å². The van der Waals surface area contributed by atoms with Gasteiger partial charge < -0.3 is 9.88 Å². The van der Waals surface area contributed by atoms with E-state index in [0.29, 0.717) is 23.3 Å². The van der Waals surface area contributed by atoms with Crippen LogP contribution in [-0.2, 0) is 11.3 Å². The minimum absolute atomic E-state index is 0.0239.